The minimum Gasteiger partial charge on any atom is -0.389 e. The lowest BCUT2D eigenvalue weighted by Crippen LogP contribution is -2.26. The second kappa shape index (κ2) is 6.30. The number of nitrogens with two attached hydrogens (primary N) is 1. The van der Waals surface area contributed by atoms with Crippen LogP contribution in [0, 0.1) is 5.82 Å². The van der Waals surface area contributed by atoms with Crippen molar-refractivity contribution < 1.29 is 12.8 Å². The van der Waals surface area contributed by atoms with E-state index in [-0.39, 0.29) is 27.6 Å². The van der Waals surface area contributed by atoms with Crippen molar-refractivity contribution >= 4 is 27.2 Å². The van der Waals surface area contributed by atoms with Gasteiger partial charge in [-0.15, -0.1) is 0 Å². The molecule has 0 saturated carbocycles. The first-order chi connectivity index (χ1) is 9.92. The highest BCUT2D eigenvalue weighted by atomic mass is 32.2. The molecular weight excluding hydrogens is 311 g/mol. The van der Waals surface area contributed by atoms with Gasteiger partial charge in [0.25, 0.3) is 0 Å². The van der Waals surface area contributed by atoms with Gasteiger partial charge in [0.2, 0.25) is 10.0 Å². The van der Waals surface area contributed by atoms with Crippen LogP contribution in [0.25, 0.3) is 0 Å². The van der Waals surface area contributed by atoms with Gasteiger partial charge in [-0.1, -0.05) is 48.6 Å². The standard InChI is InChI=1S/C14H13FN2O2S2/c15-12-7-3-1-5-10(12)9-17-21(18,19)13-8-4-2-6-11(13)14(16)20/h1-8,17H,9H2,(H2,16,20). The van der Waals surface area contributed by atoms with Crippen molar-refractivity contribution in [3.8, 4) is 0 Å². The molecule has 0 saturated heterocycles. The van der Waals surface area contributed by atoms with E-state index in [4.69, 9.17) is 18.0 Å². The molecule has 0 aliphatic carbocycles. The lowest BCUT2D eigenvalue weighted by atomic mass is 10.2. The highest BCUT2D eigenvalue weighted by molar-refractivity contribution is 7.89. The molecule has 0 heterocycles. The van der Waals surface area contributed by atoms with Crippen LogP contribution in [0.2, 0.25) is 0 Å². The molecule has 0 atom stereocenters. The lowest BCUT2D eigenvalue weighted by Gasteiger charge is -2.11. The summed E-state index contributed by atoms with van der Waals surface area (Å²) in [5, 5.41) is 0. The SMILES string of the molecule is NC(=S)c1ccccc1S(=O)(=O)NCc1ccccc1F. The fourth-order valence-electron chi connectivity index (χ4n) is 1.80. The summed E-state index contributed by atoms with van der Waals surface area (Å²) in [4.78, 5) is -0.0318. The monoisotopic (exact) mass is 324 g/mol. The largest absolute Gasteiger partial charge is 0.389 e. The first-order valence-electron chi connectivity index (χ1n) is 6.04. The second-order valence-corrected chi connectivity index (χ2v) is 6.45. The number of hydrogen-bond donors (Lipinski definition) is 2. The van der Waals surface area contributed by atoms with Gasteiger partial charge in [-0.05, 0) is 12.1 Å². The van der Waals surface area contributed by atoms with E-state index < -0.39 is 15.8 Å². The van der Waals surface area contributed by atoms with E-state index in [1.165, 1.54) is 30.3 Å². The molecule has 0 fully saturated rings. The van der Waals surface area contributed by atoms with Crippen LogP contribution in [0.1, 0.15) is 11.1 Å². The molecule has 3 N–H and O–H groups in total. The minimum atomic E-state index is -3.84. The third-order valence-corrected chi connectivity index (χ3v) is 4.53. The van der Waals surface area contributed by atoms with E-state index in [2.05, 4.69) is 4.72 Å². The zero-order valence-electron chi connectivity index (χ0n) is 10.9. The van der Waals surface area contributed by atoms with E-state index >= 15 is 0 Å². The summed E-state index contributed by atoms with van der Waals surface area (Å²) in [7, 11) is -3.84. The number of nitrogens with one attached hydrogen (secondary N) is 1. The van der Waals surface area contributed by atoms with E-state index in [1.807, 2.05) is 0 Å². The Morgan fingerprint density at radius 2 is 1.76 bits per heavy atom. The average molecular weight is 324 g/mol. The highest BCUT2D eigenvalue weighted by Gasteiger charge is 2.19. The molecule has 0 amide bonds. The van der Waals surface area contributed by atoms with Gasteiger partial charge in [0.05, 0.1) is 4.90 Å². The average Bonchev–Trinajstić information content (AvgIpc) is 2.46. The van der Waals surface area contributed by atoms with Crippen molar-refractivity contribution in [3.05, 3.63) is 65.5 Å². The third-order valence-electron chi connectivity index (χ3n) is 2.85. The Kier molecular flexibility index (Phi) is 4.66. The summed E-state index contributed by atoms with van der Waals surface area (Å²) in [5.41, 5.74) is 6.04. The fourth-order valence-corrected chi connectivity index (χ4v) is 3.27. The van der Waals surface area contributed by atoms with E-state index in [9.17, 15) is 12.8 Å². The molecule has 0 bridgehead atoms. The van der Waals surface area contributed by atoms with Crippen LogP contribution in [0.4, 0.5) is 4.39 Å². The van der Waals surface area contributed by atoms with Gasteiger partial charge in [0, 0.05) is 17.7 Å². The number of hydrogen-bond acceptors (Lipinski definition) is 3. The lowest BCUT2D eigenvalue weighted by molar-refractivity contribution is 0.574. The van der Waals surface area contributed by atoms with Gasteiger partial charge in [0.15, 0.2) is 0 Å². The van der Waals surface area contributed by atoms with Gasteiger partial charge in [-0.3, -0.25) is 0 Å². The number of thiocarbonyl (C=S) groups is 1. The summed E-state index contributed by atoms with van der Waals surface area (Å²) in [6.07, 6.45) is 0. The Morgan fingerprint density at radius 1 is 1.14 bits per heavy atom. The minimum absolute atomic E-state index is 0.0122. The van der Waals surface area contributed by atoms with Gasteiger partial charge < -0.3 is 5.73 Å². The maximum Gasteiger partial charge on any atom is 0.241 e. The Hall–Kier alpha value is -1.83. The predicted octanol–water partition coefficient (Wildman–Crippen LogP) is 1.94. The van der Waals surface area contributed by atoms with Crippen molar-refractivity contribution in [2.75, 3.05) is 0 Å². The van der Waals surface area contributed by atoms with E-state index in [0.717, 1.165) is 0 Å². The molecular formula is C14H13FN2O2S2. The quantitative estimate of drug-likeness (QED) is 0.825. The topological polar surface area (TPSA) is 72.2 Å². The van der Waals surface area contributed by atoms with Crippen molar-refractivity contribution in [2.45, 2.75) is 11.4 Å². The van der Waals surface area contributed by atoms with Crippen molar-refractivity contribution in [1.29, 1.82) is 0 Å². The van der Waals surface area contributed by atoms with Gasteiger partial charge >= 0.3 is 0 Å². The van der Waals surface area contributed by atoms with Crippen molar-refractivity contribution in [3.63, 3.8) is 0 Å². The van der Waals surface area contributed by atoms with Crippen LogP contribution in [-0.2, 0) is 16.6 Å². The number of sulfonamides is 1. The van der Waals surface area contributed by atoms with Crippen molar-refractivity contribution in [1.82, 2.24) is 4.72 Å². The summed E-state index contributed by atoms with van der Waals surface area (Å²) < 4.78 is 40.4. The Morgan fingerprint density at radius 3 is 2.43 bits per heavy atom. The summed E-state index contributed by atoms with van der Waals surface area (Å²) in [6, 6.07) is 12.1. The van der Waals surface area contributed by atoms with Crippen LogP contribution < -0.4 is 10.5 Å². The number of benzene rings is 2. The molecule has 21 heavy (non-hydrogen) atoms. The molecule has 0 aliphatic heterocycles. The Labute approximate surface area is 127 Å². The smallest absolute Gasteiger partial charge is 0.241 e. The predicted molar refractivity (Wildman–Crippen MR) is 82.8 cm³/mol. The van der Waals surface area contributed by atoms with Crippen LogP contribution >= 0.6 is 12.2 Å². The van der Waals surface area contributed by atoms with Crippen LogP contribution in [0.15, 0.2) is 53.4 Å². The fraction of sp³-hybridized carbons (Fsp3) is 0.0714. The molecule has 0 unspecified atom stereocenters. The normalized spacial score (nSPS) is 11.3. The molecule has 2 aromatic rings. The Balaban J connectivity index is 2.28. The summed E-state index contributed by atoms with van der Waals surface area (Å²) >= 11 is 4.84. The zero-order chi connectivity index (χ0) is 15.5. The molecule has 4 nitrogen and oxygen atoms in total. The molecule has 2 rings (SSSR count). The van der Waals surface area contributed by atoms with Crippen LogP contribution in [0.3, 0.4) is 0 Å². The zero-order valence-corrected chi connectivity index (χ0v) is 12.5. The van der Waals surface area contributed by atoms with Gasteiger partial charge in [-0.25, -0.2) is 17.5 Å². The van der Waals surface area contributed by atoms with Crippen LogP contribution in [0.5, 0.6) is 0 Å². The molecule has 2 aromatic carbocycles. The van der Waals surface area contributed by atoms with Gasteiger partial charge in [0.1, 0.15) is 10.8 Å². The molecule has 0 spiro atoms. The molecule has 7 heteroatoms. The van der Waals surface area contributed by atoms with Gasteiger partial charge in [-0.2, -0.15) is 0 Å². The molecule has 110 valence electrons. The first kappa shape index (κ1) is 15.6. The molecule has 0 radical (unpaired) electrons. The number of halogens is 1. The third kappa shape index (κ3) is 3.63. The van der Waals surface area contributed by atoms with E-state index in [0.29, 0.717) is 0 Å². The first-order valence-corrected chi connectivity index (χ1v) is 7.93. The van der Waals surface area contributed by atoms with E-state index in [1.54, 1.807) is 18.2 Å². The molecule has 0 aliphatic rings. The second-order valence-electron chi connectivity index (χ2n) is 4.28. The highest BCUT2D eigenvalue weighted by Crippen LogP contribution is 2.16. The summed E-state index contributed by atoms with van der Waals surface area (Å²) in [6.45, 7) is -0.152. The van der Waals surface area contributed by atoms with Crippen LogP contribution in [-0.4, -0.2) is 13.4 Å². The Bertz CT molecular complexity index is 776. The number of rotatable bonds is 5. The maximum absolute atomic E-state index is 13.5. The molecule has 0 aromatic heterocycles. The van der Waals surface area contributed by atoms with Crippen molar-refractivity contribution in [2.24, 2.45) is 5.73 Å². The summed E-state index contributed by atoms with van der Waals surface area (Å²) in [5.74, 6) is -0.470. The maximum atomic E-state index is 13.5.